The lowest BCUT2D eigenvalue weighted by Crippen LogP contribution is -2.22. The van der Waals surface area contributed by atoms with Crippen molar-refractivity contribution in [2.45, 2.75) is 46.0 Å². The van der Waals surface area contributed by atoms with Crippen LogP contribution in [-0.2, 0) is 0 Å². The second-order valence-corrected chi connectivity index (χ2v) is 5.88. The van der Waals surface area contributed by atoms with E-state index in [9.17, 15) is 0 Å². The van der Waals surface area contributed by atoms with Gasteiger partial charge in [-0.25, -0.2) is 0 Å². The zero-order valence-electron chi connectivity index (χ0n) is 10.1. The Morgan fingerprint density at radius 1 is 1.43 bits per heavy atom. The summed E-state index contributed by atoms with van der Waals surface area (Å²) in [5.74, 6) is 1.99. The minimum absolute atomic E-state index is 0.739. The van der Waals surface area contributed by atoms with Gasteiger partial charge in [0.15, 0.2) is 0 Å². The highest BCUT2D eigenvalue weighted by molar-refractivity contribution is 4.96. The minimum Gasteiger partial charge on any atom is -0.306 e. The first-order chi connectivity index (χ1) is 6.65. The topological polar surface area (TPSA) is 3.24 Å². The standard InChI is InChI=1S/C13H25N/c1-4-11(2)12-5-6-13(9-12)7-8-14(3)10-13/h11-12H,4-10H2,1-3H3. The first-order valence-electron chi connectivity index (χ1n) is 6.34. The number of hydrogen-bond donors (Lipinski definition) is 0. The summed E-state index contributed by atoms with van der Waals surface area (Å²) < 4.78 is 0. The molecular formula is C13H25N. The van der Waals surface area contributed by atoms with E-state index in [1.54, 1.807) is 0 Å². The average Bonchev–Trinajstić information content (AvgIpc) is 2.74. The highest BCUT2D eigenvalue weighted by Gasteiger charge is 2.43. The third-order valence-corrected chi connectivity index (χ3v) is 4.82. The Kier molecular flexibility index (Phi) is 2.88. The molecule has 3 unspecified atom stereocenters. The van der Waals surface area contributed by atoms with Crippen LogP contribution in [0.4, 0.5) is 0 Å². The van der Waals surface area contributed by atoms with Crippen LogP contribution in [0.25, 0.3) is 0 Å². The molecule has 0 bridgehead atoms. The van der Waals surface area contributed by atoms with E-state index in [0.717, 1.165) is 17.3 Å². The first-order valence-corrected chi connectivity index (χ1v) is 6.34. The zero-order valence-corrected chi connectivity index (χ0v) is 10.1. The van der Waals surface area contributed by atoms with Crippen LogP contribution in [0.5, 0.6) is 0 Å². The van der Waals surface area contributed by atoms with Crippen molar-refractivity contribution >= 4 is 0 Å². The number of likely N-dealkylation sites (tertiary alicyclic amines) is 1. The largest absolute Gasteiger partial charge is 0.306 e. The molecule has 2 rings (SSSR count). The van der Waals surface area contributed by atoms with E-state index < -0.39 is 0 Å². The molecule has 0 amide bonds. The lowest BCUT2D eigenvalue weighted by Gasteiger charge is -2.24. The van der Waals surface area contributed by atoms with E-state index in [1.165, 1.54) is 45.2 Å². The van der Waals surface area contributed by atoms with E-state index in [0.29, 0.717) is 0 Å². The molecule has 1 aliphatic heterocycles. The van der Waals surface area contributed by atoms with Crippen LogP contribution in [0.15, 0.2) is 0 Å². The fourth-order valence-corrected chi connectivity index (χ4v) is 3.60. The van der Waals surface area contributed by atoms with Gasteiger partial charge in [0.2, 0.25) is 0 Å². The van der Waals surface area contributed by atoms with Gasteiger partial charge in [-0.1, -0.05) is 20.3 Å². The minimum atomic E-state index is 0.739. The third-order valence-electron chi connectivity index (χ3n) is 4.82. The Morgan fingerprint density at radius 2 is 2.21 bits per heavy atom. The predicted molar refractivity (Wildman–Crippen MR) is 61.3 cm³/mol. The molecule has 2 aliphatic rings. The maximum absolute atomic E-state index is 2.53. The van der Waals surface area contributed by atoms with Crippen molar-refractivity contribution < 1.29 is 0 Å². The average molecular weight is 195 g/mol. The SMILES string of the molecule is CCC(C)C1CCC2(CCN(C)C2)C1. The molecule has 1 saturated carbocycles. The fraction of sp³-hybridized carbons (Fsp3) is 1.00. The van der Waals surface area contributed by atoms with Gasteiger partial charge in [0, 0.05) is 6.54 Å². The van der Waals surface area contributed by atoms with E-state index >= 15 is 0 Å². The number of nitrogens with zero attached hydrogens (tertiary/aromatic N) is 1. The van der Waals surface area contributed by atoms with Crippen LogP contribution in [0.2, 0.25) is 0 Å². The van der Waals surface area contributed by atoms with Gasteiger partial charge in [0.25, 0.3) is 0 Å². The molecular weight excluding hydrogens is 170 g/mol. The lowest BCUT2D eigenvalue weighted by atomic mass is 9.82. The van der Waals surface area contributed by atoms with Crippen LogP contribution in [-0.4, -0.2) is 25.0 Å². The summed E-state index contributed by atoms with van der Waals surface area (Å²) in [6.07, 6.45) is 7.37. The molecule has 1 spiro atoms. The van der Waals surface area contributed by atoms with Gasteiger partial charge in [-0.15, -0.1) is 0 Å². The highest BCUT2D eigenvalue weighted by Crippen LogP contribution is 2.50. The van der Waals surface area contributed by atoms with Gasteiger partial charge in [0.05, 0.1) is 0 Å². The van der Waals surface area contributed by atoms with Crippen LogP contribution in [0.1, 0.15) is 46.0 Å². The molecule has 82 valence electrons. The van der Waals surface area contributed by atoms with Crippen molar-refractivity contribution in [3.8, 4) is 0 Å². The van der Waals surface area contributed by atoms with Gasteiger partial charge in [0.1, 0.15) is 0 Å². The maximum atomic E-state index is 2.53. The molecule has 1 saturated heterocycles. The van der Waals surface area contributed by atoms with Gasteiger partial charge in [-0.05, 0) is 56.5 Å². The van der Waals surface area contributed by atoms with E-state index in [-0.39, 0.29) is 0 Å². The molecule has 1 heteroatoms. The van der Waals surface area contributed by atoms with Crippen LogP contribution < -0.4 is 0 Å². The monoisotopic (exact) mass is 195 g/mol. The molecule has 14 heavy (non-hydrogen) atoms. The van der Waals surface area contributed by atoms with E-state index in [2.05, 4.69) is 25.8 Å². The summed E-state index contributed by atoms with van der Waals surface area (Å²) in [5, 5.41) is 0. The summed E-state index contributed by atoms with van der Waals surface area (Å²) in [7, 11) is 2.28. The van der Waals surface area contributed by atoms with Crippen LogP contribution in [0, 0.1) is 17.3 Å². The molecule has 0 N–H and O–H groups in total. The molecule has 2 fully saturated rings. The molecule has 0 aromatic rings. The molecule has 1 heterocycles. The number of rotatable bonds is 2. The summed E-state index contributed by atoms with van der Waals surface area (Å²) in [6.45, 7) is 7.51. The second kappa shape index (κ2) is 3.84. The van der Waals surface area contributed by atoms with Crippen molar-refractivity contribution in [1.82, 2.24) is 4.90 Å². The maximum Gasteiger partial charge on any atom is 0.00355 e. The number of hydrogen-bond acceptors (Lipinski definition) is 1. The van der Waals surface area contributed by atoms with Gasteiger partial charge >= 0.3 is 0 Å². The molecule has 1 nitrogen and oxygen atoms in total. The van der Waals surface area contributed by atoms with E-state index in [1.807, 2.05) is 0 Å². The smallest absolute Gasteiger partial charge is 0.00355 e. The lowest BCUT2D eigenvalue weighted by molar-refractivity contribution is 0.257. The third kappa shape index (κ3) is 1.84. The fourth-order valence-electron chi connectivity index (χ4n) is 3.60. The highest BCUT2D eigenvalue weighted by atomic mass is 15.1. The Labute approximate surface area is 88.9 Å². The molecule has 1 aliphatic carbocycles. The summed E-state index contributed by atoms with van der Waals surface area (Å²) in [5.41, 5.74) is 0.739. The van der Waals surface area contributed by atoms with Gasteiger partial charge in [-0.3, -0.25) is 0 Å². The second-order valence-electron chi connectivity index (χ2n) is 5.88. The van der Waals surface area contributed by atoms with Crippen LogP contribution >= 0.6 is 0 Å². The van der Waals surface area contributed by atoms with Crippen LogP contribution in [0.3, 0.4) is 0 Å². The summed E-state index contributed by atoms with van der Waals surface area (Å²) >= 11 is 0. The molecule has 0 aromatic heterocycles. The molecule has 0 radical (unpaired) electrons. The predicted octanol–water partition coefficient (Wildman–Crippen LogP) is 3.15. The van der Waals surface area contributed by atoms with E-state index in [4.69, 9.17) is 0 Å². The quantitative estimate of drug-likeness (QED) is 0.654. The Balaban J connectivity index is 1.94. The summed E-state index contributed by atoms with van der Waals surface area (Å²) in [6, 6.07) is 0. The van der Waals surface area contributed by atoms with Crippen molar-refractivity contribution in [2.75, 3.05) is 20.1 Å². The Bertz CT molecular complexity index is 201. The van der Waals surface area contributed by atoms with Gasteiger partial charge < -0.3 is 4.90 Å². The van der Waals surface area contributed by atoms with Crippen molar-refractivity contribution in [3.05, 3.63) is 0 Å². The zero-order chi connectivity index (χ0) is 10.2. The molecule has 3 atom stereocenters. The van der Waals surface area contributed by atoms with Crippen molar-refractivity contribution in [1.29, 1.82) is 0 Å². The Hall–Kier alpha value is -0.0400. The Morgan fingerprint density at radius 3 is 2.79 bits per heavy atom. The van der Waals surface area contributed by atoms with Gasteiger partial charge in [-0.2, -0.15) is 0 Å². The van der Waals surface area contributed by atoms with Crippen molar-refractivity contribution in [2.24, 2.45) is 17.3 Å². The normalized spacial score (nSPS) is 40.9. The van der Waals surface area contributed by atoms with Crippen molar-refractivity contribution in [3.63, 3.8) is 0 Å². The molecule has 0 aromatic carbocycles. The summed E-state index contributed by atoms with van der Waals surface area (Å²) in [4.78, 5) is 2.53. The first kappa shape index (κ1) is 10.5.